The van der Waals surface area contributed by atoms with Crippen molar-refractivity contribution in [3.05, 3.63) is 16.1 Å². The largest absolute Gasteiger partial charge is 0.316 e. The van der Waals surface area contributed by atoms with Crippen molar-refractivity contribution in [2.24, 2.45) is 11.8 Å². The van der Waals surface area contributed by atoms with E-state index in [4.69, 9.17) is 0 Å². The number of fused-ring (bicyclic) bond motifs is 1. The lowest BCUT2D eigenvalue weighted by Crippen LogP contribution is -2.25. The molecule has 2 aliphatic heterocycles. The number of aryl methyl sites for hydroxylation is 1. The molecule has 2 aliphatic rings. The molecule has 2 fully saturated rings. The van der Waals surface area contributed by atoms with Gasteiger partial charge in [0.1, 0.15) is 0 Å². The van der Waals surface area contributed by atoms with Gasteiger partial charge in [-0.15, -0.1) is 23.7 Å². The number of nitrogens with one attached hydrogen (secondary N) is 1. The van der Waals surface area contributed by atoms with E-state index < -0.39 is 0 Å². The van der Waals surface area contributed by atoms with Crippen molar-refractivity contribution in [2.45, 2.75) is 13.5 Å². The summed E-state index contributed by atoms with van der Waals surface area (Å²) in [5, 5.41) is 3.48. The number of likely N-dealkylation sites (tertiary alicyclic amines) is 1. The van der Waals surface area contributed by atoms with Gasteiger partial charge in [-0.25, -0.2) is 4.98 Å². The number of hydrogen-bond acceptors (Lipinski definition) is 4. The average molecular weight is 260 g/mol. The van der Waals surface area contributed by atoms with Gasteiger partial charge in [0, 0.05) is 24.5 Å². The number of aromatic nitrogens is 1. The lowest BCUT2D eigenvalue weighted by atomic mass is 10.0. The standard InChI is InChI=1S/C11H17N3S.ClH/c1-8-11(15-7-13-8)6-14-4-9-2-12-3-10(9)5-14;/h7,9-10,12H,2-6H2,1H3;1H/t9-,10+;. The van der Waals surface area contributed by atoms with Crippen LogP contribution in [0, 0.1) is 18.8 Å². The molecule has 3 rings (SSSR count). The van der Waals surface area contributed by atoms with Crippen LogP contribution in [0.1, 0.15) is 10.6 Å². The van der Waals surface area contributed by atoms with Crippen LogP contribution >= 0.6 is 23.7 Å². The SMILES string of the molecule is Cc1ncsc1CN1C[C@H]2CNC[C@H]2C1.Cl. The molecule has 0 amide bonds. The van der Waals surface area contributed by atoms with E-state index in [9.17, 15) is 0 Å². The van der Waals surface area contributed by atoms with Gasteiger partial charge in [0.2, 0.25) is 0 Å². The molecule has 0 saturated carbocycles. The number of hydrogen-bond donors (Lipinski definition) is 1. The predicted octanol–water partition coefficient (Wildman–Crippen LogP) is 1.52. The first-order chi connectivity index (χ1) is 7.33. The zero-order valence-corrected chi connectivity index (χ0v) is 11.1. The Morgan fingerprint density at radius 2 is 2.12 bits per heavy atom. The molecule has 2 saturated heterocycles. The molecule has 1 aromatic rings. The third-order valence-corrected chi connectivity index (χ3v) is 4.60. The fraction of sp³-hybridized carbons (Fsp3) is 0.727. The molecule has 0 bridgehead atoms. The van der Waals surface area contributed by atoms with Gasteiger partial charge in [0.05, 0.1) is 11.2 Å². The fourth-order valence-electron chi connectivity index (χ4n) is 2.76. The third kappa shape index (κ3) is 2.25. The lowest BCUT2D eigenvalue weighted by Gasteiger charge is -2.15. The Bertz CT molecular complexity index is 343. The van der Waals surface area contributed by atoms with Crippen LogP contribution in [0.2, 0.25) is 0 Å². The molecule has 0 radical (unpaired) electrons. The Balaban J connectivity index is 0.000000963. The van der Waals surface area contributed by atoms with Gasteiger partial charge in [-0.3, -0.25) is 4.90 Å². The van der Waals surface area contributed by atoms with E-state index in [1.165, 1.54) is 36.8 Å². The quantitative estimate of drug-likeness (QED) is 0.873. The molecule has 3 nitrogen and oxygen atoms in total. The van der Waals surface area contributed by atoms with E-state index in [1.54, 1.807) is 11.3 Å². The second-order valence-corrected chi connectivity index (χ2v) is 5.67. The molecule has 1 N–H and O–H groups in total. The van der Waals surface area contributed by atoms with Gasteiger partial charge in [0.25, 0.3) is 0 Å². The van der Waals surface area contributed by atoms with Gasteiger partial charge in [-0.2, -0.15) is 0 Å². The van der Waals surface area contributed by atoms with Gasteiger partial charge < -0.3 is 5.32 Å². The summed E-state index contributed by atoms with van der Waals surface area (Å²) in [6.07, 6.45) is 0. The van der Waals surface area contributed by atoms with Crippen LogP contribution in [-0.4, -0.2) is 36.1 Å². The molecular formula is C11H18ClN3S. The Hall–Kier alpha value is -0.160. The van der Waals surface area contributed by atoms with Crippen molar-refractivity contribution >= 4 is 23.7 Å². The van der Waals surface area contributed by atoms with Gasteiger partial charge in [-0.1, -0.05) is 0 Å². The Morgan fingerprint density at radius 3 is 2.69 bits per heavy atom. The van der Waals surface area contributed by atoms with Crippen LogP contribution in [0.3, 0.4) is 0 Å². The van der Waals surface area contributed by atoms with Crippen LogP contribution in [-0.2, 0) is 6.54 Å². The Kier molecular flexibility index (Phi) is 3.85. The number of halogens is 1. The minimum atomic E-state index is 0. The van der Waals surface area contributed by atoms with Gasteiger partial charge in [-0.05, 0) is 31.8 Å². The van der Waals surface area contributed by atoms with E-state index in [0.717, 1.165) is 18.4 Å². The Morgan fingerprint density at radius 1 is 1.44 bits per heavy atom. The van der Waals surface area contributed by atoms with Crippen molar-refractivity contribution in [2.75, 3.05) is 26.2 Å². The van der Waals surface area contributed by atoms with E-state index in [2.05, 4.69) is 22.1 Å². The normalized spacial score (nSPS) is 29.1. The molecule has 0 aromatic carbocycles. The first-order valence-corrected chi connectivity index (χ1v) is 6.53. The van der Waals surface area contributed by atoms with Crippen LogP contribution in [0.15, 0.2) is 5.51 Å². The second-order valence-electron chi connectivity index (χ2n) is 4.73. The van der Waals surface area contributed by atoms with Crippen molar-refractivity contribution in [1.82, 2.24) is 15.2 Å². The molecule has 0 spiro atoms. The van der Waals surface area contributed by atoms with E-state index >= 15 is 0 Å². The first kappa shape index (κ1) is 12.3. The van der Waals surface area contributed by atoms with Crippen molar-refractivity contribution in [3.8, 4) is 0 Å². The van der Waals surface area contributed by atoms with E-state index in [1.807, 2.05) is 5.51 Å². The summed E-state index contributed by atoms with van der Waals surface area (Å²) < 4.78 is 0. The lowest BCUT2D eigenvalue weighted by molar-refractivity contribution is 0.307. The maximum atomic E-state index is 4.31. The highest BCUT2D eigenvalue weighted by Gasteiger charge is 2.35. The zero-order valence-electron chi connectivity index (χ0n) is 9.48. The minimum absolute atomic E-state index is 0. The minimum Gasteiger partial charge on any atom is -0.316 e. The van der Waals surface area contributed by atoms with Crippen molar-refractivity contribution < 1.29 is 0 Å². The highest BCUT2D eigenvalue weighted by Crippen LogP contribution is 2.28. The molecule has 3 heterocycles. The summed E-state index contributed by atoms with van der Waals surface area (Å²) in [6, 6.07) is 0. The van der Waals surface area contributed by atoms with E-state index in [-0.39, 0.29) is 12.4 Å². The van der Waals surface area contributed by atoms with Crippen LogP contribution in [0.4, 0.5) is 0 Å². The average Bonchev–Trinajstić information content (AvgIpc) is 2.83. The predicted molar refractivity (Wildman–Crippen MR) is 69.2 cm³/mol. The van der Waals surface area contributed by atoms with Gasteiger partial charge >= 0.3 is 0 Å². The molecule has 5 heteroatoms. The van der Waals surface area contributed by atoms with Crippen LogP contribution < -0.4 is 5.32 Å². The summed E-state index contributed by atoms with van der Waals surface area (Å²) in [7, 11) is 0. The second kappa shape index (κ2) is 5.00. The highest BCUT2D eigenvalue weighted by molar-refractivity contribution is 7.09. The van der Waals surface area contributed by atoms with Crippen LogP contribution in [0.5, 0.6) is 0 Å². The summed E-state index contributed by atoms with van der Waals surface area (Å²) in [5.41, 5.74) is 3.18. The molecule has 0 unspecified atom stereocenters. The number of thiazole rings is 1. The monoisotopic (exact) mass is 259 g/mol. The fourth-order valence-corrected chi connectivity index (χ4v) is 3.58. The smallest absolute Gasteiger partial charge is 0.0798 e. The maximum absolute atomic E-state index is 4.31. The first-order valence-electron chi connectivity index (χ1n) is 5.65. The molecule has 1 aromatic heterocycles. The molecule has 0 aliphatic carbocycles. The maximum Gasteiger partial charge on any atom is 0.0798 e. The molecule has 2 atom stereocenters. The molecular weight excluding hydrogens is 242 g/mol. The summed E-state index contributed by atoms with van der Waals surface area (Å²) in [5.74, 6) is 1.80. The van der Waals surface area contributed by atoms with E-state index in [0.29, 0.717) is 0 Å². The zero-order chi connectivity index (χ0) is 10.3. The molecule has 16 heavy (non-hydrogen) atoms. The van der Waals surface area contributed by atoms with Crippen LogP contribution in [0.25, 0.3) is 0 Å². The summed E-state index contributed by atoms with van der Waals surface area (Å²) in [4.78, 5) is 8.35. The van der Waals surface area contributed by atoms with Crippen molar-refractivity contribution in [1.29, 1.82) is 0 Å². The third-order valence-electron chi connectivity index (χ3n) is 3.68. The van der Waals surface area contributed by atoms with Gasteiger partial charge in [0.15, 0.2) is 0 Å². The highest BCUT2D eigenvalue weighted by atomic mass is 35.5. The molecule has 90 valence electrons. The topological polar surface area (TPSA) is 28.2 Å². The number of nitrogens with zero attached hydrogens (tertiary/aromatic N) is 2. The number of rotatable bonds is 2. The summed E-state index contributed by atoms with van der Waals surface area (Å²) >= 11 is 1.80. The van der Waals surface area contributed by atoms with Crippen molar-refractivity contribution in [3.63, 3.8) is 0 Å². The summed E-state index contributed by atoms with van der Waals surface area (Å²) in [6.45, 7) is 8.23. The Labute approximate surface area is 107 Å².